The Morgan fingerprint density at radius 1 is 1.12 bits per heavy atom. The Bertz CT molecular complexity index is 617. The molecule has 3 nitrogen and oxygen atoms in total. The molecular weight excluding hydrogens is 212 g/mol. The van der Waals surface area contributed by atoms with Crippen LogP contribution in [-0.4, -0.2) is 16.0 Å². The zero-order valence-corrected chi connectivity index (χ0v) is 10.0. The molecule has 17 heavy (non-hydrogen) atoms. The van der Waals surface area contributed by atoms with Crippen LogP contribution in [0.5, 0.6) is 0 Å². The van der Waals surface area contributed by atoms with E-state index in [4.69, 9.17) is 0 Å². The van der Waals surface area contributed by atoms with E-state index in [-0.39, 0.29) is 11.2 Å². The average molecular weight is 226 g/mol. The summed E-state index contributed by atoms with van der Waals surface area (Å²) in [4.78, 5) is 12.2. The fourth-order valence-corrected chi connectivity index (χ4v) is 2.57. The van der Waals surface area contributed by atoms with Gasteiger partial charge in [-0.3, -0.25) is 4.79 Å². The van der Waals surface area contributed by atoms with Crippen LogP contribution in [0.3, 0.4) is 0 Å². The smallest absolute Gasteiger partial charge is 0.166 e. The molecule has 0 aliphatic heterocycles. The molecule has 2 aromatic rings. The zero-order valence-electron chi connectivity index (χ0n) is 10.0. The fourth-order valence-electron chi connectivity index (χ4n) is 2.57. The van der Waals surface area contributed by atoms with Crippen molar-refractivity contribution in [3.05, 3.63) is 35.5 Å². The number of hydrogen-bond donors (Lipinski definition) is 0. The lowest BCUT2D eigenvalue weighted by Gasteiger charge is -2.29. The Balaban J connectivity index is 2.31. The maximum atomic E-state index is 12.2. The number of Topliss-reactive ketones (excluding diaryl/α,β-unsaturated/α-hetero) is 1. The molecule has 1 aliphatic carbocycles. The van der Waals surface area contributed by atoms with Crippen molar-refractivity contribution in [1.82, 2.24) is 10.2 Å². The van der Waals surface area contributed by atoms with Gasteiger partial charge in [0.1, 0.15) is 0 Å². The fraction of sp³-hybridized carbons (Fsp3) is 0.357. The van der Waals surface area contributed by atoms with E-state index in [1.165, 1.54) is 0 Å². The summed E-state index contributed by atoms with van der Waals surface area (Å²) in [6, 6.07) is 7.71. The Morgan fingerprint density at radius 2 is 1.88 bits per heavy atom. The van der Waals surface area contributed by atoms with E-state index in [0.717, 1.165) is 28.6 Å². The number of benzene rings is 1. The number of hydrogen-bond acceptors (Lipinski definition) is 3. The van der Waals surface area contributed by atoms with Gasteiger partial charge in [-0.15, -0.1) is 0 Å². The van der Waals surface area contributed by atoms with Crippen LogP contribution in [0.2, 0.25) is 0 Å². The van der Waals surface area contributed by atoms with E-state index in [1.54, 1.807) is 0 Å². The van der Waals surface area contributed by atoms with Crippen LogP contribution in [-0.2, 0) is 6.42 Å². The second-order valence-corrected chi connectivity index (χ2v) is 5.48. The Labute approximate surface area is 99.9 Å². The van der Waals surface area contributed by atoms with Gasteiger partial charge in [-0.05, 0) is 17.9 Å². The summed E-state index contributed by atoms with van der Waals surface area (Å²) in [6.45, 7) is 4.20. The Morgan fingerprint density at radius 3 is 2.71 bits per heavy atom. The third-order valence-corrected chi connectivity index (χ3v) is 3.30. The van der Waals surface area contributed by atoms with E-state index in [9.17, 15) is 4.79 Å². The van der Waals surface area contributed by atoms with E-state index in [0.29, 0.717) is 6.42 Å². The van der Waals surface area contributed by atoms with Gasteiger partial charge in [0.15, 0.2) is 5.78 Å². The number of fused-ring (bicyclic) bond motifs is 3. The van der Waals surface area contributed by atoms with Crippen LogP contribution in [0.4, 0.5) is 0 Å². The highest BCUT2D eigenvalue weighted by Gasteiger charge is 2.33. The van der Waals surface area contributed by atoms with Crippen LogP contribution in [0, 0.1) is 5.41 Å². The molecule has 1 aliphatic rings. The highest BCUT2D eigenvalue weighted by atomic mass is 16.1. The van der Waals surface area contributed by atoms with Crippen molar-refractivity contribution >= 4 is 16.7 Å². The first-order chi connectivity index (χ1) is 8.07. The highest BCUT2D eigenvalue weighted by Crippen LogP contribution is 2.35. The lowest BCUT2D eigenvalue weighted by Crippen LogP contribution is -2.28. The first kappa shape index (κ1) is 10.4. The third kappa shape index (κ3) is 1.62. The number of ketones is 1. The minimum atomic E-state index is 0.00121. The summed E-state index contributed by atoms with van der Waals surface area (Å²) in [5.41, 5.74) is 2.44. The maximum absolute atomic E-state index is 12.2. The van der Waals surface area contributed by atoms with Gasteiger partial charge < -0.3 is 0 Å². The van der Waals surface area contributed by atoms with Crippen molar-refractivity contribution < 1.29 is 4.79 Å². The van der Waals surface area contributed by atoms with Gasteiger partial charge in [0.2, 0.25) is 0 Å². The number of nitrogens with zero attached hydrogens (tertiary/aromatic N) is 2. The molecule has 1 aromatic carbocycles. The second-order valence-electron chi connectivity index (χ2n) is 5.48. The summed E-state index contributed by atoms with van der Waals surface area (Å²) >= 11 is 0. The second kappa shape index (κ2) is 3.36. The van der Waals surface area contributed by atoms with Gasteiger partial charge in [-0.25, -0.2) is 0 Å². The van der Waals surface area contributed by atoms with Crippen LogP contribution in [0.1, 0.15) is 36.3 Å². The summed E-state index contributed by atoms with van der Waals surface area (Å²) in [7, 11) is 0. The quantitative estimate of drug-likeness (QED) is 0.693. The van der Waals surface area contributed by atoms with Crippen LogP contribution in [0.15, 0.2) is 24.3 Å². The van der Waals surface area contributed by atoms with Crippen molar-refractivity contribution in [2.24, 2.45) is 5.41 Å². The van der Waals surface area contributed by atoms with Gasteiger partial charge in [-0.1, -0.05) is 32.0 Å². The summed E-state index contributed by atoms with van der Waals surface area (Å²) in [6.07, 6.45) is 1.42. The summed E-state index contributed by atoms with van der Waals surface area (Å²) in [5, 5.41) is 9.36. The molecule has 0 amide bonds. The van der Waals surface area contributed by atoms with E-state index < -0.39 is 0 Å². The van der Waals surface area contributed by atoms with Gasteiger partial charge in [0.25, 0.3) is 0 Å². The van der Waals surface area contributed by atoms with Crippen molar-refractivity contribution in [2.45, 2.75) is 26.7 Å². The topological polar surface area (TPSA) is 42.9 Å². The first-order valence-corrected chi connectivity index (χ1v) is 5.84. The molecule has 3 heteroatoms. The minimum absolute atomic E-state index is 0.00121. The maximum Gasteiger partial charge on any atom is 0.166 e. The molecule has 3 rings (SSSR count). The predicted octanol–water partition coefficient (Wildman–Crippen LogP) is 2.78. The molecule has 0 atom stereocenters. The number of rotatable bonds is 0. The van der Waals surface area contributed by atoms with E-state index >= 15 is 0 Å². The Kier molecular flexibility index (Phi) is 2.05. The third-order valence-electron chi connectivity index (χ3n) is 3.30. The van der Waals surface area contributed by atoms with Crippen molar-refractivity contribution in [3.8, 4) is 0 Å². The predicted molar refractivity (Wildman–Crippen MR) is 66.0 cm³/mol. The lowest BCUT2D eigenvalue weighted by atomic mass is 9.75. The molecule has 0 radical (unpaired) electrons. The van der Waals surface area contributed by atoms with Crippen LogP contribution in [0.25, 0.3) is 10.9 Å². The number of carbonyl (C=O) groups is 1. The Hall–Kier alpha value is -1.77. The van der Waals surface area contributed by atoms with Gasteiger partial charge >= 0.3 is 0 Å². The van der Waals surface area contributed by atoms with Gasteiger partial charge in [0.05, 0.1) is 16.8 Å². The van der Waals surface area contributed by atoms with Crippen molar-refractivity contribution in [2.75, 3.05) is 0 Å². The standard InChI is InChI=1S/C14H14N2O/c1-14(2)7-11-13(12(17)8-14)9-5-3-4-6-10(9)15-16-11/h3-6H,7-8H2,1-2H3. The van der Waals surface area contributed by atoms with Crippen LogP contribution >= 0.6 is 0 Å². The molecule has 1 aromatic heterocycles. The van der Waals surface area contributed by atoms with E-state index in [1.807, 2.05) is 24.3 Å². The van der Waals surface area contributed by atoms with Gasteiger partial charge in [0, 0.05) is 11.8 Å². The summed E-state index contributed by atoms with van der Waals surface area (Å²) in [5.74, 6) is 0.197. The van der Waals surface area contributed by atoms with Crippen molar-refractivity contribution in [3.63, 3.8) is 0 Å². The molecule has 0 fully saturated rings. The highest BCUT2D eigenvalue weighted by molar-refractivity contribution is 6.08. The monoisotopic (exact) mass is 226 g/mol. The molecule has 0 saturated carbocycles. The largest absolute Gasteiger partial charge is 0.294 e. The average Bonchev–Trinajstić information content (AvgIpc) is 2.26. The summed E-state index contributed by atoms with van der Waals surface area (Å²) < 4.78 is 0. The van der Waals surface area contributed by atoms with Crippen molar-refractivity contribution in [1.29, 1.82) is 0 Å². The SMILES string of the molecule is CC1(C)CC(=O)c2c(nnc3ccccc23)C1. The number of aromatic nitrogens is 2. The molecule has 0 spiro atoms. The van der Waals surface area contributed by atoms with Crippen LogP contribution < -0.4 is 0 Å². The molecule has 0 unspecified atom stereocenters. The number of carbonyl (C=O) groups excluding carboxylic acids is 1. The molecule has 0 N–H and O–H groups in total. The molecule has 1 heterocycles. The molecule has 0 bridgehead atoms. The van der Waals surface area contributed by atoms with Gasteiger partial charge in [-0.2, -0.15) is 10.2 Å². The zero-order chi connectivity index (χ0) is 12.0. The first-order valence-electron chi connectivity index (χ1n) is 5.84. The van der Waals surface area contributed by atoms with E-state index in [2.05, 4.69) is 24.0 Å². The molecule has 0 saturated heterocycles. The molecule has 86 valence electrons. The normalized spacial score (nSPS) is 18.1. The minimum Gasteiger partial charge on any atom is -0.294 e. The lowest BCUT2D eigenvalue weighted by molar-refractivity contribution is 0.0912. The molecular formula is C14H14N2O.